The highest BCUT2D eigenvalue weighted by Gasteiger charge is 2.24. The summed E-state index contributed by atoms with van der Waals surface area (Å²) < 4.78 is 0. The molecule has 106 valence electrons. The van der Waals surface area contributed by atoms with Crippen LogP contribution in [0.1, 0.15) is 29.7 Å². The first-order valence-electron chi connectivity index (χ1n) is 7.36. The molecule has 0 aliphatic carbocycles. The zero-order valence-electron chi connectivity index (χ0n) is 12.3. The van der Waals surface area contributed by atoms with Gasteiger partial charge in [-0.05, 0) is 30.2 Å². The third-order valence-electron chi connectivity index (χ3n) is 4.33. The van der Waals surface area contributed by atoms with Gasteiger partial charge in [0, 0.05) is 42.0 Å². The molecule has 1 N–H and O–H groups in total. The monoisotopic (exact) mass is 278 g/mol. The Hall–Kier alpha value is -2.36. The highest BCUT2D eigenvalue weighted by Crippen LogP contribution is 2.36. The lowest BCUT2D eigenvalue weighted by Gasteiger charge is -2.19. The zero-order valence-corrected chi connectivity index (χ0v) is 12.3. The van der Waals surface area contributed by atoms with E-state index in [2.05, 4.69) is 57.3 Å². The number of rotatable bonds is 2. The second-order valence-corrected chi connectivity index (χ2v) is 5.90. The Morgan fingerprint density at radius 1 is 1.33 bits per heavy atom. The molecule has 21 heavy (non-hydrogen) atoms. The van der Waals surface area contributed by atoms with Crippen molar-refractivity contribution in [2.45, 2.75) is 26.3 Å². The molecular weight excluding hydrogens is 260 g/mol. The Labute approximate surface area is 123 Å². The molecule has 0 bridgehead atoms. The van der Waals surface area contributed by atoms with Gasteiger partial charge in [-0.1, -0.05) is 25.1 Å². The Balaban J connectivity index is 1.68. The summed E-state index contributed by atoms with van der Waals surface area (Å²) in [5, 5.41) is 8.30. The molecule has 3 heterocycles. The maximum absolute atomic E-state index is 4.45. The number of nitrogens with one attached hydrogen (secondary N) is 1. The zero-order chi connectivity index (χ0) is 14.4. The molecule has 2 aromatic heterocycles. The fourth-order valence-corrected chi connectivity index (χ4v) is 3.24. The first-order chi connectivity index (χ1) is 10.2. The summed E-state index contributed by atoms with van der Waals surface area (Å²) in [6.07, 6.45) is 1.94. The van der Waals surface area contributed by atoms with E-state index in [4.69, 9.17) is 0 Å². The highest BCUT2D eigenvalue weighted by atomic mass is 15.2. The van der Waals surface area contributed by atoms with E-state index in [-0.39, 0.29) is 0 Å². The van der Waals surface area contributed by atoms with E-state index in [1.807, 2.05) is 13.1 Å². The minimum absolute atomic E-state index is 0.591. The van der Waals surface area contributed by atoms with Gasteiger partial charge >= 0.3 is 0 Å². The lowest BCUT2D eigenvalue weighted by molar-refractivity contribution is 0.745. The van der Waals surface area contributed by atoms with Crippen molar-refractivity contribution >= 4 is 16.7 Å². The molecule has 0 saturated heterocycles. The number of para-hydroxylation sites is 1. The Morgan fingerprint density at radius 3 is 3.10 bits per heavy atom. The van der Waals surface area contributed by atoms with Crippen LogP contribution in [-0.4, -0.2) is 21.7 Å². The van der Waals surface area contributed by atoms with Gasteiger partial charge in [0.15, 0.2) is 5.65 Å². The second-order valence-electron chi connectivity index (χ2n) is 5.90. The average Bonchev–Trinajstić information content (AvgIpc) is 3.02. The van der Waals surface area contributed by atoms with Crippen molar-refractivity contribution in [3.63, 3.8) is 0 Å². The van der Waals surface area contributed by atoms with Crippen LogP contribution in [0, 0.1) is 6.92 Å². The number of aryl methyl sites for hydroxylation is 1. The van der Waals surface area contributed by atoms with E-state index in [1.165, 1.54) is 16.8 Å². The normalized spacial score (nSPS) is 17.4. The molecule has 1 atom stereocenters. The van der Waals surface area contributed by atoms with Crippen LogP contribution in [-0.2, 0) is 6.54 Å². The summed E-state index contributed by atoms with van der Waals surface area (Å²) in [6.45, 7) is 6.30. The van der Waals surface area contributed by atoms with Crippen molar-refractivity contribution in [2.75, 3.05) is 11.4 Å². The fraction of sp³-hybridized carbons (Fsp3) is 0.294. The molecule has 0 amide bonds. The third kappa shape index (κ3) is 1.98. The SMILES string of the molecule is Cc1[nH]nc2ncc(CN3CC(C)c4ccccc43)cc12. The second kappa shape index (κ2) is 4.58. The van der Waals surface area contributed by atoms with Crippen molar-refractivity contribution in [2.24, 2.45) is 0 Å². The fourth-order valence-electron chi connectivity index (χ4n) is 3.24. The topological polar surface area (TPSA) is 44.8 Å². The van der Waals surface area contributed by atoms with Crippen molar-refractivity contribution in [1.29, 1.82) is 0 Å². The quantitative estimate of drug-likeness (QED) is 0.781. The summed E-state index contributed by atoms with van der Waals surface area (Å²) in [5.41, 5.74) is 5.91. The van der Waals surface area contributed by atoms with Crippen LogP contribution in [0.2, 0.25) is 0 Å². The van der Waals surface area contributed by atoms with E-state index in [0.29, 0.717) is 5.92 Å². The first-order valence-corrected chi connectivity index (χ1v) is 7.36. The minimum Gasteiger partial charge on any atom is -0.366 e. The molecule has 4 rings (SSSR count). The molecular formula is C17H18N4. The maximum Gasteiger partial charge on any atom is 0.181 e. The number of fused-ring (bicyclic) bond motifs is 2. The van der Waals surface area contributed by atoms with E-state index in [1.54, 1.807) is 0 Å². The van der Waals surface area contributed by atoms with Crippen molar-refractivity contribution < 1.29 is 0 Å². The maximum atomic E-state index is 4.45. The molecule has 1 aliphatic rings. The van der Waals surface area contributed by atoms with Gasteiger partial charge in [-0.2, -0.15) is 5.10 Å². The Bertz CT molecular complexity index is 805. The lowest BCUT2D eigenvalue weighted by Crippen LogP contribution is -2.20. The molecule has 1 aliphatic heterocycles. The number of pyridine rings is 1. The van der Waals surface area contributed by atoms with Gasteiger partial charge in [0.2, 0.25) is 0 Å². The number of hydrogen-bond donors (Lipinski definition) is 1. The number of hydrogen-bond acceptors (Lipinski definition) is 3. The number of benzene rings is 1. The number of nitrogens with zero attached hydrogens (tertiary/aromatic N) is 3. The molecule has 4 heteroatoms. The van der Waals surface area contributed by atoms with Crippen molar-refractivity contribution in [3.05, 3.63) is 53.3 Å². The number of aromatic nitrogens is 3. The van der Waals surface area contributed by atoms with Crippen molar-refractivity contribution in [3.8, 4) is 0 Å². The van der Waals surface area contributed by atoms with Gasteiger partial charge < -0.3 is 4.90 Å². The Morgan fingerprint density at radius 2 is 2.19 bits per heavy atom. The molecule has 3 aromatic rings. The lowest BCUT2D eigenvalue weighted by atomic mass is 10.0. The molecule has 1 unspecified atom stereocenters. The Kier molecular flexibility index (Phi) is 2.70. The standard InChI is InChI=1S/C17H18N4/c1-11-9-21(16-6-4-3-5-14(11)16)10-13-7-15-12(2)19-20-17(15)18-8-13/h3-8,11H,9-10H2,1-2H3,(H,18,19,20). The van der Waals surface area contributed by atoms with Gasteiger partial charge in [-0.3, -0.25) is 5.10 Å². The van der Waals surface area contributed by atoms with Crippen LogP contribution in [0.4, 0.5) is 5.69 Å². The van der Waals surface area contributed by atoms with E-state index >= 15 is 0 Å². The molecule has 0 spiro atoms. The molecule has 0 radical (unpaired) electrons. The van der Waals surface area contributed by atoms with Gasteiger partial charge in [0.05, 0.1) is 0 Å². The van der Waals surface area contributed by atoms with Crippen LogP contribution in [0.5, 0.6) is 0 Å². The summed E-state index contributed by atoms with van der Waals surface area (Å²) in [4.78, 5) is 6.89. The molecule has 0 fully saturated rings. The average molecular weight is 278 g/mol. The van der Waals surface area contributed by atoms with Gasteiger partial charge in [-0.15, -0.1) is 0 Å². The van der Waals surface area contributed by atoms with Gasteiger partial charge in [-0.25, -0.2) is 4.98 Å². The smallest absolute Gasteiger partial charge is 0.181 e. The number of aromatic amines is 1. The molecule has 0 saturated carbocycles. The van der Waals surface area contributed by atoms with Crippen LogP contribution < -0.4 is 4.90 Å². The number of H-pyrrole nitrogens is 1. The van der Waals surface area contributed by atoms with Crippen LogP contribution >= 0.6 is 0 Å². The van der Waals surface area contributed by atoms with E-state index in [0.717, 1.165) is 29.8 Å². The van der Waals surface area contributed by atoms with E-state index in [9.17, 15) is 0 Å². The van der Waals surface area contributed by atoms with Gasteiger partial charge in [0.1, 0.15) is 0 Å². The van der Waals surface area contributed by atoms with Gasteiger partial charge in [0.25, 0.3) is 0 Å². The van der Waals surface area contributed by atoms with Crippen LogP contribution in [0.3, 0.4) is 0 Å². The predicted octanol–water partition coefficient (Wildman–Crippen LogP) is 3.39. The van der Waals surface area contributed by atoms with Crippen LogP contribution in [0.25, 0.3) is 11.0 Å². The summed E-state index contributed by atoms with van der Waals surface area (Å²) in [6, 6.07) is 10.9. The first kappa shape index (κ1) is 12.4. The number of anilines is 1. The summed E-state index contributed by atoms with van der Waals surface area (Å²) >= 11 is 0. The predicted molar refractivity (Wildman–Crippen MR) is 84.5 cm³/mol. The largest absolute Gasteiger partial charge is 0.366 e. The summed E-state index contributed by atoms with van der Waals surface area (Å²) in [7, 11) is 0. The minimum atomic E-state index is 0.591. The van der Waals surface area contributed by atoms with Crippen molar-refractivity contribution in [1.82, 2.24) is 15.2 Å². The van der Waals surface area contributed by atoms with E-state index < -0.39 is 0 Å². The third-order valence-corrected chi connectivity index (χ3v) is 4.33. The molecule has 1 aromatic carbocycles. The van der Waals surface area contributed by atoms with Crippen LogP contribution in [0.15, 0.2) is 36.5 Å². The molecule has 4 nitrogen and oxygen atoms in total. The summed E-state index contributed by atoms with van der Waals surface area (Å²) in [5.74, 6) is 0.591. The highest BCUT2D eigenvalue weighted by molar-refractivity contribution is 5.78.